The number of benzene rings is 1. The fraction of sp³-hybridized carbons (Fsp3) is 0.333. The standard InChI is InChI=1S/C18H20N2O2/c1-22-17-7-4-10-19-18(17)16-6-3-2-5-14(16)13-20-11-8-15(21)9-12-20/h2-7,10H,8-9,11-13H2,1H3. The lowest BCUT2D eigenvalue weighted by molar-refractivity contribution is -0.121. The molecule has 1 aliphatic rings. The van der Waals surface area contributed by atoms with Crippen LogP contribution in [0.4, 0.5) is 0 Å². The third kappa shape index (κ3) is 3.17. The largest absolute Gasteiger partial charge is 0.494 e. The van der Waals surface area contributed by atoms with Gasteiger partial charge in [0.15, 0.2) is 0 Å². The van der Waals surface area contributed by atoms with Gasteiger partial charge in [0.1, 0.15) is 17.2 Å². The third-order valence-corrected chi connectivity index (χ3v) is 4.07. The highest BCUT2D eigenvalue weighted by Crippen LogP contribution is 2.30. The normalized spacial score (nSPS) is 15.8. The van der Waals surface area contributed by atoms with Gasteiger partial charge in [0.05, 0.1) is 7.11 Å². The van der Waals surface area contributed by atoms with Crippen molar-refractivity contribution < 1.29 is 9.53 Å². The predicted molar refractivity (Wildman–Crippen MR) is 85.7 cm³/mol. The van der Waals surface area contributed by atoms with E-state index in [-0.39, 0.29) is 0 Å². The summed E-state index contributed by atoms with van der Waals surface area (Å²) in [6, 6.07) is 12.1. The zero-order valence-electron chi connectivity index (χ0n) is 12.8. The second-order valence-corrected chi connectivity index (χ2v) is 5.53. The van der Waals surface area contributed by atoms with E-state index >= 15 is 0 Å². The van der Waals surface area contributed by atoms with Crippen LogP contribution >= 0.6 is 0 Å². The molecule has 2 heterocycles. The molecule has 0 spiro atoms. The molecule has 1 aromatic carbocycles. The summed E-state index contributed by atoms with van der Waals surface area (Å²) in [6.07, 6.45) is 3.11. The molecule has 0 amide bonds. The first-order valence-corrected chi connectivity index (χ1v) is 7.59. The second-order valence-electron chi connectivity index (χ2n) is 5.53. The second kappa shape index (κ2) is 6.71. The van der Waals surface area contributed by atoms with Crippen LogP contribution < -0.4 is 4.74 Å². The molecule has 0 bridgehead atoms. The number of methoxy groups -OCH3 is 1. The molecule has 4 heteroatoms. The van der Waals surface area contributed by atoms with Gasteiger partial charge in [0.2, 0.25) is 0 Å². The molecule has 0 atom stereocenters. The van der Waals surface area contributed by atoms with Crippen LogP contribution in [0.15, 0.2) is 42.6 Å². The van der Waals surface area contributed by atoms with Crippen molar-refractivity contribution in [1.29, 1.82) is 0 Å². The molecule has 1 saturated heterocycles. The Balaban J connectivity index is 1.88. The number of carbonyl (C=O) groups excluding carboxylic acids is 1. The minimum atomic E-state index is 0.371. The summed E-state index contributed by atoms with van der Waals surface area (Å²) in [5, 5.41) is 0. The molecule has 22 heavy (non-hydrogen) atoms. The lowest BCUT2D eigenvalue weighted by Gasteiger charge is -2.26. The van der Waals surface area contributed by atoms with Crippen molar-refractivity contribution in [3.8, 4) is 17.0 Å². The predicted octanol–water partition coefficient (Wildman–Crippen LogP) is 2.92. The van der Waals surface area contributed by atoms with E-state index in [2.05, 4.69) is 22.0 Å². The minimum absolute atomic E-state index is 0.371. The molecule has 1 aromatic heterocycles. The maximum absolute atomic E-state index is 11.4. The number of aromatic nitrogens is 1. The molecule has 0 unspecified atom stereocenters. The van der Waals surface area contributed by atoms with Gasteiger partial charge >= 0.3 is 0 Å². The first-order valence-electron chi connectivity index (χ1n) is 7.59. The lowest BCUT2D eigenvalue weighted by atomic mass is 10.0. The highest BCUT2D eigenvalue weighted by atomic mass is 16.5. The molecular weight excluding hydrogens is 276 g/mol. The Morgan fingerprint density at radius 1 is 1.14 bits per heavy atom. The van der Waals surface area contributed by atoms with E-state index in [9.17, 15) is 4.79 Å². The fourth-order valence-electron chi connectivity index (χ4n) is 2.85. The molecule has 0 N–H and O–H groups in total. The van der Waals surface area contributed by atoms with Gasteiger partial charge in [-0.05, 0) is 17.7 Å². The van der Waals surface area contributed by atoms with Crippen molar-refractivity contribution >= 4 is 5.78 Å². The lowest BCUT2D eigenvalue weighted by Crippen LogP contribution is -2.33. The average molecular weight is 296 g/mol. The Kier molecular flexibility index (Phi) is 4.49. The summed E-state index contributed by atoms with van der Waals surface area (Å²) in [7, 11) is 1.67. The molecule has 0 radical (unpaired) electrons. The van der Waals surface area contributed by atoms with Gasteiger partial charge in [-0.2, -0.15) is 0 Å². The molecule has 1 fully saturated rings. The van der Waals surface area contributed by atoms with Gasteiger partial charge in [-0.15, -0.1) is 0 Å². The topological polar surface area (TPSA) is 42.4 Å². The molecule has 114 valence electrons. The van der Waals surface area contributed by atoms with Crippen molar-refractivity contribution in [2.45, 2.75) is 19.4 Å². The van der Waals surface area contributed by atoms with Crippen LogP contribution in [0.3, 0.4) is 0 Å². The number of likely N-dealkylation sites (tertiary alicyclic amines) is 1. The Morgan fingerprint density at radius 2 is 1.91 bits per heavy atom. The van der Waals surface area contributed by atoms with Crippen LogP contribution in [0.5, 0.6) is 5.75 Å². The van der Waals surface area contributed by atoms with E-state index < -0.39 is 0 Å². The van der Waals surface area contributed by atoms with Crippen molar-refractivity contribution in [1.82, 2.24) is 9.88 Å². The van der Waals surface area contributed by atoms with E-state index in [1.165, 1.54) is 5.56 Å². The van der Waals surface area contributed by atoms with Crippen LogP contribution in [0, 0.1) is 0 Å². The number of piperidine rings is 1. The van der Waals surface area contributed by atoms with E-state index in [1.54, 1.807) is 13.3 Å². The minimum Gasteiger partial charge on any atom is -0.494 e. The van der Waals surface area contributed by atoms with Crippen LogP contribution in [-0.4, -0.2) is 35.9 Å². The monoisotopic (exact) mass is 296 g/mol. The number of Topliss-reactive ketones (excluding diaryl/α,β-unsaturated/α-hetero) is 1. The summed E-state index contributed by atoms with van der Waals surface area (Å²) in [5.41, 5.74) is 3.18. The average Bonchev–Trinajstić information content (AvgIpc) is 2.57. The quantitative estimate of drug-likeness (QED) is 0.870. The summed E-state index contributed by atoms with van der Waals surface area (Å²) < 4.78 is 5.44. The van der Waals surface area contributed by atoms with Crippen molar-refractivity contribution in [2.75, 3.05) is 20.2 Å². The molecule has 0 aliphatic carbocycles. The van der Waals surface area contributed by atoms with E-state index in [0.717, 1.165) is 36.6 Å². The van der Waals surface area contributed by atoms with Gasteiger partial charge in [-0.3, -0.25) is 14.7 Å². The van der Waals surface area contributed by atoms with Gasteiger partial charge in [0.25, 0.3) is 0 Å². The van der Waals surface area contributed by atoms with E-state index in [4.69, 9.17) is 4.74 Å². The van der Waals surface area contributed by atoms with Crippen LogP contribution in [0.25, 0.3) is 11.3 Å². The maximum Gasteiger partial charge on any atom is 0.145 e. The van der Waals surface area contributed by atoms with Crippen molar-refractivity contribution in [3.63, 3.8) is 0 Å². The zero-order valence-corrected chi connectivity index (χ0v) is 12.8. The Hall–Kier alpha value is -2.20. The van der Waals surface area contributed by atoms with Gasteiger partial charge in [-0.1, -0.05) is 24.3 Å². The van der Waals surface area contributed by atoms with Crippen LogP contribution in [0.2, 0.25) is 0 Å². The molecular formula is C18H20N2O2. The molecule has 1 aliphatic heterocycles. The van der Waals surface area contributed by atoms with Gasteiger partial charge < -0.3 is 4.74 Å². The number of pyridine rings is 1. The summed E-state index contributed by atoms with van der Waals surface area (Å²) in [5.74, 6) is 1.15. The number of rotatable bonds is 4. The molecule has 4 nitrogen and oxygen atoms in total. The highest BCUT2D eigenvalue weighted by Gasteiger charge is 2.18. The summed E-state index contributed by atoms with van der Waals surface area (Å²) in [4.78, 5) is 18.2. The number of ketones is 1. The van der Waals surface area contributed by atoms with Gasteiger partial charge in [-0.25, -0.2) is 0 Å². The highest BCUT2D eigenvalue weighted by molar-refractivity contribution is 5.79. The number of hydrogen-bond acceptors (Lipinski definition) is 4. The van der Waals surface area contributed by atoms with Crippen LogP contribution in [-0.2, 0) is 11.3 Å². The van der Waals surface area contributed by atoms with E-state index in [1.807, 2.05) is 24.3 Å². The van der Waals surface area contributed by atoms with Crippen molar-refractivity contribution in [3.05, 3.63) is 48.2 Å². The van der Waals surface area contributed by atoms with E-state index in [0.29, 0.717) is 18.6 Å². The number of ether oxygens (including phenoxy) is 1. The van der Waals surface area contributed by atoms with Crippen molar-refractivity contribution in [2.24, 2.45) is 0 Å². The number of hydrogen-bond donors (Lipinski definition) is 0. The van der Waals surface area contributed by atoms with Crippen LogP contribution in [0.1, 0.15) is 18.4 Å². The third-order valence-electron chi connectivity index (χ3n) is 4.07. The molecule has 3 rings (SSSR count). The Bertz CT molecular complexity index is 660. The zero-order chi connectivity index (χ0) is 15.4. The first kappa shape index (κ1) is 14.7. The molecule has 0 saturated carbocycles. The Morgan fingerprint density at radius 3 is 2.68 bits per heavy atom. The smallest absolute Gasteiger partial charge is 0.145 e. The number of nitrogens with zero attached hydrogens (tertiary/aromatic N) is 2. The number of carbonyl (C=O) groups is 1. The van der Waals surface area contributed by atoms with Gasteiger partial charge in [0, 0.05) is 44.2 Å². The SMILES string of the molecule is COc1cccnc1-c1ccccc1CN1CCC(=O)CC1. The fourth-order valence-corrected chi connectivity index (χ4v) is 2.85. The maximum atomic E-state index is 11.4. The molecule has 2 aromatic rings. The first-order chi connectivity index (χ1) is 10.8. The summed E-state index contributed by atoms with van der Waals surface area (Å²) in [6.45, 7) is 2.52. The Labute approximate surface area is 130 Å². The summed E-state index contributed by atoms with van der Waals surface area (Å²) >= 11 is 0.